The zero-order chi connectivity index (χ0) is 5.70. The average Bonchev–Trinajstić information content (AvgIpc) is 1.68. The predicted octanol–water partition coefficient (Wildman–Crippen LogP) is 2.29. The lowest BCUT2D eigenvalue weighted by atomic mass is 10.3. The van der Waals surface area contributed by atoms with Gasteiger partial charge < -0.3 is 0 Å². The standard InChI is InChI=1S/C7H10/c1-4-6-7(3)5-2/h4,6H,2H2,1,3H3/b6-4-. The molecular formula is C7H10. The maximum atomic E-state index is 3.47. The highest BCUT2D eigenvalue weighted by molar-refractivity contribution is 5.12. The molecule has 38 valence electrons. The van der Waals surface area contributed by atoms with Crippen LogP contribution in [0.25, 0.3) is 0 Å². The molecule has 0 heterocycles. The van der Waals surface area contributed by atoms with Gasteiger partial charge in [0.25, 0.3) is 0 Å². The highest BCUT2D eigenvalue weighted by atomic mass is 13.7. The molecule has 0 aliphatic heterocycles. The molecule has 0 aromatic rings. The molecular weight excluding hydrogens is 84.1 g/mol. The zero-order valence-electron chi connectivity index (χ0n) is 4.86. The molecule has 7 heavy (non-hydrogen) atoms. The van der Waals surface area contributed by atoms with Crippen LogP contribution in [0.5, 0.6) is 0 Å². The van der Waals surface area contributed by atoms with Gasteiger partial charge in [0, 0.05) is 0 Å². The van der Waals surface area contributed by atoms with Crippen molar-refractivity contribution in [1.29, 1.82) is 0 Å². The number of rotatable bonds is 1. The number of hydrogen-bond acceptors (Lipinski definition) is 0. The first-order valence-electron chi connectivity index (χ1n) is 2.30. The molecule has 0 atom stereocenters. The summed E-state index contributed by atoms with van der Waals surface area (Å²) in [6.07, 6.45) is 3.93. The van der Waals surface area contributed by atoms with Crippen molar-refractivity contribution in [2.24, 2.45) is 0 Å². The van der Waals surface area contributed by atoms with Crippen LogP contribution < -0.4 is 0 Å². The van der Waals surface area contributed by atoms with E-state index in [9.17, 15) is 0 Å². The van der Waals surface area contributed by atoms with E-state index in [0.29, 0.717) is 0 Å². The van der Waals surface area contributed by atoms with E-state index < -0.39 is 0 Å². The van der Waals surface area contributed by atoms with Crippen molar-refractivity contribution in [2.45, 2.75) is 13.8 Å². The molecule has 0 fully saturated rings. The molecule has 0 N–H and O–H groups in total. The summed E-state index contributed by atoms with van der Waals surface area (Å²) in [5.41, 5.74) is 3.83. The topological polar surface area (TPSA) is 0 Å². The van der Waals surface area contributed by atoms with Crippen molar-refractivity contribution >= 4 is 0 Å². The van der Waals surface area contributed by atoms with Crippen molar-refractivity contribution in [3.05, 3.63) is 30.0 Å². The van der Waals surface area contributed by atoms with Gasteiger partial charge in [0.1, 0.15) is 0 Å². The summed E-state index contributed by atoms with van der Waals surface area (Å²) in [4.78, 5) is 0. The zero-order valence-corrected chi connectivity index (χ0v) is 4.86. The molecule has 0 bridgehead atoms. The van der Waals surface area contributed by atoms with Gasteiger partial charge in [-0.05, 0) is 19.4 Å². The van der Waals surface area contributed by atoms with Crippen LogP contribution in [-0.4, -0.2) is 0 Å². The monoisotopic (exact) mass is 94.1 g/mol. The lowest BCUT2D eigenvalue weighted by molar-refractivity contribution is 1.53. The summed E-state index contributed by atoms with van der Waals surface area (Å²) in [5.74, 6) is 0. The minimum Gasteiger partial charge on any atom is -0.126 e. The van der Waals surface area contributed by atoms with Crippen molar-refractivity contribution in [2.75, 3.05) is 0 Å². The molecule has 0 rings (SSSR count). The van der Waals surface area contributed by atoms with Crippen molar-refractivity contribution in [1.82, 2.24) is 0 Å². The van der Waals surface area contributed by atoms with Crippen LogP contribution in [0.3, 0.4) is 0 Å². The first-order valence-corrected chi connectivity index (χ1v) is 2.30. The van der Waals surface area contributed by atoms with E-state index in [1.807, 2.05) is 26.0 Å². The van der Waals surface area contributed by atoms with E-state index in [1.165, 1.54) is 0 Å². The maximum absolute atomic E-state index is 3.47. The SMILES string of the molecule is C=C=C(C)/C=C\C. The quantitative estimate of drug-likeness (QED) is 0.345. The normalized spacial score (nSPS) is 8.86. The molecule has 0 saturated carbocycles. The fourth-order valence-electron chi connectivity index (χ4n) is 0.309. The summed E-state index contributed by atoms with van der Waals surface area (Å²) in [6.45, 7) is 7.40. The summed E-state index contributed by atoms with van der Waals surface area (Å²) in [5, 5.41) is 0. The Bertz CT molecular complexity index is 112. The first kappa shape index (κ1) is 6.26. The molecule has 0 nitrogen and oxygen atoms in total. The summed E-state index contributed by atoms with van der Waals surface area (Å²) in [6, 6.07) is 0. The minimum absolute atomic E-state index is 1.09. The first-order chi connectivity index (χ1) is 3.31. The predicted molar refractivity (Wildman–Crippen MR) is 33.1 cm³/mol. The van der Waals surface area contributed by atoms with Gasteiger partial charge in [-0.15, -0.1) is 5.73 Å². The number of allylic oxidation sites excluding steroid dienone is 3. The Balaban J connectivity index is 3.83. The van der Waals surface area contributed by atoms with Gasteiger partial charge in [-0.3, -0.25) is 0 Å². The summed E-state index contributed by atoms with van der Waals surface area (Å²) >= 11 is 0. The van der Waals surface area contributed by atoms with Gasteiger partial charge in [-0.2, -0.15) is 0 Å². The van der Waals surface area contributed by atoms with E-state index >= 15 is 0 Å². The Morgan fingerprint density at radius 2 is 2.29 bits per heavy atom. The Kier molecular flexibility index (Phi) is 3.09. The van der Waals surface area contributed by atoms with Crippen LogP contribution >= 0.6 is 0 Å². The van der Waals surface area contributed by atoms with Gasteiger partial charge in [0.2, 0.25) is 0 Å². The minimum atomic E-state index is 1.09. The molecule has 0 aromatic heterocycles. The van der Waals surface area contributed by atoms with Crippen LogP contribution in [0.1, 0.15) is 13.8 Å². The van der Waals surface area contributed by atoms with Gasteiger partial charge in [-0.25, -0.2) is 0 Å². The van der Waals surface area contributed by atoms with E-state index in [1.54, 1.807) is 0 Å². The van der Waals surface area contributed by atoms with Crippen LogP contribution in [0.2, 0.25) is 0 Å². The molecule has 0 unspecified atom stereocenters. The van der Waals surface area contributed by atoms with Crippen LogP contribution in [0.15, 0.2) is 30.0 Å². The fraction of sp³-hybridized carbons (Fsp3) is 0.286. The van der Waals surface area contributed by atoms with E-state index in [2.05, 4.69) is 12.3 Å². The maximum Gasteiger partial charge on any atom is -0.0101 e. The number of hydrogen-bond donors (Lipinski definition) is 0. The second-order valence-corrected chi connectivity index (χ2v) is 1.36. The molecule has 0 radical (unpaired) electrons. The van der Waals surface area contributed by atoms with Gasteiger partial charge in [0.15, 0.2) is 0 Å². The molecule has 0 aromatic carbocycles. The van der Waals surface area contributed by atoms with Gasteiger partial charge in [-0.1, -0.05) is 18.7 Å². The average molecular weight is 94.2 g/mol. The molecule has 0 saturated heterocycles. The molecule has 0 aliphatic rings. The third kappa shape index (κ3) is 3.08. The molecule has 0 spiro atoms. The largest absolute Gasteiger partial charge is 0.126 e. The van der Waals surface area contributed by atoms with Gasteiger partial charge in [0.05, 0.1) is 0 Å². The lowest BCUT2D eigenvalue weighted by Gasteiger charge is -1.76. The molecule has 0 aliphatic carbocycles. The Hall–Kier alpha value is -0.740. The fourth-order valence-corrected chi connectivity index (χ4v) is 0.309. The smallest absolute Gasteiger partial charge is 0.0101 e. The van der Waals surface area contributed by atoms with Crippen molar-refractivity contribution in [3.8, 4) is 0 Å². The van der Waals surface area contributed by atoms with Gasteiger partial charge >= 0.3 is 0 Å². The molecule has 0 heteroatoms. The Morgan fingerprint density at radius 1 is 1.71 bits per heavy atom. The highest BCUT2D eigenvalue weighted by Gasteiger charge is 1.68. The lowest BCUT2D eigenvalue weighted by Crippen LogP contribution is -1.56. The summed E-state index contributed by atoms with van der Waals surface area (Å²) < 4.78 is 0. The van der Waals surface area contributed by atoms with Crippen molar-refractivity contribution in [3.63, 3.8) is 0 Å². The summed E-state index contributed by atoms with van der Waals surface area (Å²) in [7, 11) is 0. The Labute approximate surface area is 44.9 Å². The second-order valence-electron chi connectivity index (χ2n) is 1.36. The van der Waals surface area contributed by atoms with Crippen LogP contribution in [-0.2, 0) is 0 Å². The van der Waals surface area contributed by atoms with E-state index in [-0.39, 0.29) is 0 Å². The second kappa shape index (κ2) is 3.45. The van der Waals surface area contributed by atoms with Crippen molar-refractivity contribution < 1.29 is 0 Å². The van der Waals surface area contributed by atoms with E-state index in [0.717, 1.165) is 5.57 Å². The highest BCUT2D eigenvalue weighted by Crippen LogP contribution is 1.87. The van der Waals surface area contributed by atoms with Crippen LogP contribution in [0.4, 0.5) is 0 Å². The van der Waals surface area contributed by atoms with E-state index in [4.69, 9.17) is 0 Å². The third-order valence-corrected chi connectivity index (χ3v) is 0.696. The molecule has 0 amide bonds. The Morgan fingerprint density at radius 3 is 2.43 bits per heavy atom. The third-order valence-electron chi connectivity index (χ3n) is 0.696. The van der Waals surface area contributed by atoms with Crippen LogP contribution in [0, 0.1) is 0 Å².